The van der Waals surface area contributed by atoms with Crippen molar-refractivity contribution in [3.63, 3.8) is 0 Å². The van der Waals surface area contributed by atoms with Crippen LogP contribution in [-0.4, -0.2) is 15.6 Å². The van der Waals surface area contributed by atoms with Crippen molar-refractivity contribution in [2.45, 2.75) is 6.42 Å². The summed E-state index contributed by atoms with van der Waals surface area (Å²) in [5, 5.41) is 10.1. The zero-order valence-corrected chi connectivity index (χ0v) is 13.2. The van der Waals surface area contributed by atoms with Crippen molar-refractivity contribution in [1.82, 2.24) is 4.57 Å². The highest BCUT2D eigenvalue weighted by Crippen LogP contribution is 2.34. The summed E-state index contributed by atoms with van der Waals surface area (Å²) in [5.41, 5.74) is 2.92. The smallest absolute Gasteiger partial charge is 0.342 e. The number of nitrogens with zero attached hydrogens (tertiary/aromatic N) is 1. The fourth-order valence-electron chi connectivity index (χ4n) is 3.24. The van der Waals surface area contributed by atoms with Gasteiger partial charge in [0, 0.05) is 16.1 Å². The Morgan fingerprint density at radius 3 is 2.67 bits per heavy atom. The van der Waals surface area contributed by atoms with E-state index in [4.69, 9.17) is 11.6 Å². The van der Waals surface area contributed by atoms with Crippen LogP contribution in [0.1, 0.15) is 21.5 Å². The van der Waals surface area contributed by atoms with Gasteiger partial charge in [0.05, 0.1) is 11.4 Å². The van der Waals surface area contributed by atoms with Crippen LogP contribution in [0.4, 0.5) is 0 Å². The second-order valence-electron chi connectivity index (χ2n) is 5.63. The lowest BCUT2D eigenvalue weighted by Gasteiger charge is -2.09. The molecule has 0 saturated heterocycles. The number of carbonyl (C=O) groups is 1. The molecule has 118 valence electrons. The van der Waals surface area contributed by atoms with Crippen LogP contribution in [0.25, 0.3) is 17.0 Å². The second-order valence-corrected chi connectivity index (χ2v) is 6.06. The molecule has 3 aliphatic rings. The summed E-state index contributed by atoms with van der Waals surface area (Å²) in [6, 6.07) is 14.3. The number of carboxylic acids is 1. The molecule has 4 rings (SSSR count). The third-order valence-electron chi connectivity index (χ3n) is 4.26. The lowest BCUT2D eigenvalue weighted by Crippen LogP contribution is -2.19. The summed E-state index contributed by atoms with van der Waals surface area (Å²) >= 11 is 6.04. The van der Waals surface area contributed by atoms with Crippen molar-refractivity contribution < 1.29 is 9.90 Å². The molecule has 0 saturated carbocycles. The van der Waals surface area contributed by atoms with E-state index in [-0.39, 0.29) is 5.56 Å². The minimum Gasteiger partial charge on any atom is -0.477 e. The van der Waals surface area contributed by atoms with Gasteiger partial charge in [0.15, 0.2) is 0 Å². The van der Waals surface area contributed by atoms with E-state index in [0.29, 0.717) is 28.4 Å². The van der Waals surface area contributed by atoms with E-state index >= 15 is 0 Å². The minimum atomic E-state index is -1.22. The summed E-state index contributed by atoms with van der Waals surface area (Å²) < 4.78 is 1.48. The first-order chi connectivity index (χ1) is 11.6. The Balaban J connectivity index is 2.03. The van der Waals surface area contributed by atoms with Gasteiger partial charge < -0.3 is 5.11 Å². The molecule has 0 bridgehead atoms. The fraction of sp³-hybridized carbons (Fsp3) is 0.0526. The Labute approximate surface area is 142 Å². The molecule has 0 amide bonds. The van der Waals surface area contributed by atoms with Crippen LogP contribution >= 0.6 is 11.6 Å². The fourth-order valence-corrected chi connectivity index (χ4v) is 3.43. The van der Waals surface area contributed by atoms with Gasteiger partial charge in [0.25, 0.3) is 5.56 Å². The number of fused-ring (bicyclic) bond motifs is 2. The number of hydrogen-bond acceptors (Lipinski definition) is 2. The molecule has 0 spiro atoms. The highest BCUT2D eigenvalue weighted by atomic mass is 35.5. The molecular formula is C19H12ClNO3. The number of allylic oxidation sites excluding steroid dienone is 1. The highest BCUT2D eigenvalue weighted by Gasteiger charge is 2.28. The van der Waals surface area contributed by atoms with Gasteiger partial charge >= 0.3 is 5.97 Å². The highest BCUT2D eigenvalue weighted by molar-refractivity contribution is 6.30. The molecule has 0 aromatic heterocycles. The Morgan fingerprint density at radius 2 is 1.88 bits per heavy atom. The van der Waals surface area contributed by atoms with E-state index in [0.717, 1.165) is 11.1 Å². The zero-order valence-electron chi connectivity index (χ0n) is 12.5. The Hall–Kier alpha value is -2.85. The van der Waals surface area contributed by atoms with Crippen molar-refractivity contribution in [2.24, 2.45) is 0 Å². The van der Waals surface area contributed by atoms with E-state index in [1.165, 1.54) is 4.57 Å². The molecular weight excluding hydrogens is 326 g/mol. The monoisotopic (exact) mass is 337 g/mol. The van der Waals surface area contributed by atoms with Gasteiger partial charge in [-0.1, -0.05) is 48.0 Å². The first kappa shape index (κ1) is 14.7. The molecule has 0 radical (unpaired) electrons. The first-order valence-electron chi connectivity index (χ1n) is 7.44. The number of carboxylic acid groups (broad SMARTS) is 1. The maximum Gasteiger partial charge on any atom is 0.342 e. The van der Waals surface area contributed by atoms with Crippen LogP contribution in [0.3, 0.4) is 0 Å². The molecule has 0 unspecified atom stereocenters. The van der Waals surface area contributed by atoms with Gasteiger partial charge in [-0.3, -0.25) is 9.36 Å². The van der Waals surface area contributed by atoms with E-state index < -0.39 is 11.5 Å². The predicted molar refractivity (Wildman–Crippen MR) is 92.8 cm³/mol. The SMILES string of the molecule is O=C(O)c1c2cccccc-2n(C2=CCc3cc(Cl)ccc32)c1=O. The molecule has 0 atom stereocenters. The predicted octanol–water partition coefficient (Wildman–Crippen LogP) is 3.75. The van der Waals surface area contributed by atoms with Gasteiger partial charge in [-0.25, -0.2) is 4.79 Å². The number of aromatic nitrogens is 1. The average molecular weight is 338 g/mol. The lowest BCUT2D eigenvalue weighted by molar-refractivity contribution is 0.0696. The van der Waals surface area contributed by atoms with Gasteiger partial charge in [0.2, 0.25) is 0 Å². The molecule has 0 fully saturated rings. The number of hydrogen-bond donors (Lipinski definition) is 1. The van der Waals surface area contributed by atoms with Crippen molar-refractivity contribution in [2.75, 3.05) is 0 Å². The van der Waals surface area contributed by atoms with Gasteiger partial charge in [-0.05, 0) is 30.2 Å². The maximum atomic E-state index is 12.8. The minimum absolute atomic E-state index is 0.204. The van der Waals surface area contributed by atoms with Crippen molar-refractivity contribution >= 4 is 23.3 Å². The maximum absolute atomic E-state index is 12.8. The van der Waals surface area contributed by atoms with Crippen LogP contribution < -0.4 is 5.56 Å². The Bertz CT molecular complexity index is 1050. The average Bonchev–Trinajstić information content (AvgIpc) is 2.95. The zero-order chi connectivity index (χ0) is 16.8. The van der Waals surface area contributed by atoms with Crippen molar-refractivity contribution in [1.29, 1.82) is 0 Å². The third kappa shape index (κ3) is 2.07. The van der Waals surface area contributed by atoms with Gasteiger partial charge in [-0.2, -0.15) is 0 Å². The number of aromatic carboxylic acids is 1. The topological polar surface area (TPSA) is 59.3 Å². The summed E-state index contributed by atoms with van der Waals surface area (Å²) in [6.07, 6.45) is 2.59. The van der Waals surface area contributed by atoms with Crippen LogP contribution in [0, 0.1) is 0 Å². The molecule has 1 heterocycles. The summed E-state index contributed by atoms with van der Waals surface area (Å²) in [4.78, 5) is 24.4. The molecule has 1 aromatic carbocycles. The molecule has 4 nitrogen and oxygen atoms in total. The van der Waals surface area contributed by atoms with E-state index in [1.54, 1.807) is 36.4 Å². The van der Waals surface area contributed by atoms with Crippen molar-refractivity contribution in [3.8, 4) is 11.3 Å². The number of rotatable bonds is 2. The quantitative estimate of drug-likeness (QED) is 0.774. The van der Waals surface area contributed by atoms with Crippen molar-refractivity contribution in [3.05, 3.63) is 86.7 Å². The standard InChI is InChI=1S/C19H12ClNO3/c20-12-7-8-13-11(10-12)6-9-16(13)21-15-5-3-1-2-4-14(15)17(18(21)22)19(23)24/h1-5,7-10H,6H2,(H,23,24). The lowest BCUT2D eigenvalue weighted by atomic mass is 10.1. The first-order valence-corrected chi connectivity index (χ1v) is 7.82. The van der Waals surface area contributed by atoms with Crippen LogP contribution in [-0.2, 0) is 6.42 Å². The Morgan fingerprint density at radius 1 is 1.08 bits per heavy atom. The van der Waals surface area contributed by atoms with Gasteiger partial charge in [0.1, 0.15) is 5.56 Å². The van der Waals surface area contributed by atoms with Gasteiger partial charge in [-0.15, -0.1) is 0 Å². The summed E-state index contributed by atoms with van der Waals surface area (Å²) in [6.45, 7) is 0. The molecule has 1 aromatic rings. The molecule has 24 heavy (non-hydrogen) atoms. The second kappa shape index (κ2) is 5.35. The van der Waals surface area contributed by atoms with Crippen LogP contribution in [0.5, 0.6) is 0 Å². The van der Waals surface area contributed by atoms with E-state index in [1.807, 2.05) is 18.2 Å². The number of halogens is 1. The molecule has 1 aliphatic heterocycles. The summed E-state index contributed by atoms with van der Waals surface area (Å²) in [5.74, 6) is -1.22. The number of benzene rings is 1. The summed E-state index contributed by atoms with van der Waals surface area (Å²) in [7, 11) is 0. The van der Waals surface area contributed by atoms with E-state index in [9.17, 15) is 14.7 Å². The Kier molecular flexibility index (Phi) is 3.28. The molecule has 5 heteroatoms. The molecule has 1 N–H and O–H groups in total. The van der Waals surface area contributed by atoms with Crippen LogP contribution in [0.2, 0.25) is 5.02 Å². The largest absolute Gasteiger partial charge is 0.477 e. The van der Waals surface area contributed by atoms with E-state index in [2.05, 4.69) is 0 Å². The van der Waals surface area contributed by atoms with Crippen LogP contribution in [0.15, 0.2) is 59.4 Å². The molecule has 2 aliphatic carbocycles. The normalized spacial score (nSPS) is 13.0. The third-order valence-corrected chi connectivity index (χ3v) is 4.49.